The lowest BCUT2D eigenvalue weighted by Gasteiger charge is -2.07. The summed E-state index contributed by atoms with van der Waals surface area (Å²) in [6.07, 6.45) is 0. The summed E-state index contributed by atoms with van der Waals surface area (Å²) in [7, 11) is 1.66. The lowest BCUT2D eigenvalue weighted by atomic mass is 10.3. The van der Waals surface area contributed by atoms with Gasteiger partial charge < -0.3 is 14.8 Å². The average Bonchev–Trinajstić information content (AvgIpc) is 2.33. The number of ether oxygens (including phenoxy) is 2. The van der Waals surface area contributed by atoms with E-state index in [2.05, 4.69) is 10.3 Å². The fourth-order valence-corrected chi connectivity index (χ4v) is 1.54. The van der Waals surface area contributed by atoms with Gasteiger partial charge in [-0.25, -0.2) is 0 Å². The number of nitrogens with one attached hydrogen (secondary N) is 1. The topological polar surface area (TPSA) is 43.4 Å². The number of alkyl halides is 1. The second-order valence-electron chi connectivity index (χ2n) is 3.62. The molecule has 0 fully saturated rings. The molecule has 1 aromatic rings. The number of aryl methyl sites for hydroxylation is 1. The van der Waals surface area contributed by atoms with Gasteiger partial charge in [0.15, 0.2) is 0 Å². The van der Waals surface area contributed by atoms with Crippen LogP contribution in [-0.4, -0.2) is 37.7 Å². The van der Waals surface area contributed by atoms with Gasteiger partial charge in [-0.3, -0.25) is 4.98 Å². The molecule has 1 aromatic heterocycles. The van der Waals surface area contributed by atoms with Crippen molar-refractivity contribution in [2.75, 3.05) is 32.7 Å². The van der Waals surface area contributed by atoms with Gasteiger partial charge in [-0.15, -0.1) is 11.6 Å². The third-order valence-corrected chi connectivity index (χ3v) is 2.32. The first-order valence-electron chi connectivity index (χ1n) is 5.62. The molecule has 0 aliphatic rings. The van der Waals surface area contributed by atoms with E-state index in [9.17, 15) is 0 Å². The fraction of sp³-hybridized carbons (Fsp3) is 0.583. The maximum absolute atomic E-state index is 5.49. The van der Waals surface area contributed by atoms with E-state index in [0.717, 1.165) is 23.7 Å². The minimum absolute atomic E-state index is 0.538. The standard InChI is InChI=1S/C12H19ClN2O2/c1-10-7-12(16-2)8-11(15-10)9-14-4-6-17-5-3-13/h7-8,14H,3-6,9H2,1-2H3. The monoisotopic (exact) mass is 258 g/mol. The summed E-state index contributed by atoms with van der Waals surface area (Å²) in [6, 6.07) is 3.84. The normalized spacial score (nSPS) is 10.5. The first-order chi connectivity index (χ1) is 8.26. The zero-order valence-electron chi connectivity index (χ0n) is 10.3. The fourth-order valence-electron chi connectivity index (χ4n) is 1.43. The lowest BCUT2D eigenvalue weighted by molar-refractivity contribution is 0.150. The third kappa shape index (κ3) is 5.86. The molecule has 5 heteroatoms. The van der Waals surface area contributed by atoms with Crippen LogP contribution in [0.15, 0.2) is 12.1 Å². The van der Waals surface area contributed by atoms with E-state index in [1.807, 2.05) is 19.1 Å². The summed E-state index contributed by atoms with van der Waals surface area (Å²) in [5.74, 6) is 1.38. The Morgan fingerprint density at radius 3 is 2.88 bits per heavy atom. The number of halogens is 1. The quantitative estimate of drug-likeness (QED) is 0.570. The number of methoxy groups -OCH3 is 1. The molecular weight excluding hydrogens is 240 g/mol. The second-order valence-corrected chi connectivity index (χ2v) is 4.00. The maximum atomic E-state index is 5.49. The molecule has 0 bridgehead atoms. The van der Waals surface area contributed by atoms with Gasteiger partial charge in [0, 0.05) is 36.8 Å². The first kappa shape index (κ1) is 14.2. The van der Waals surface area contributed by atoms with Crippen molar-refractivity contribution in [2.45, 2.75) is 13.5 Å². The Balaban J connectivity index is 2.28. The molecule has 1 rings (SSSR count). The van der Waals surface area contributed by atoms with Crippen LogP contribution in [0.3, 0.4) is 0 Å². The molecule has 0 aromatic carbocycles. The number of pyridine rings is 1. The highest BCUT2D eigenvalue weighted by Gasteiger charge is 2.00. The van der Waals surface area contributed by atoms with Crippen molar-refractivity contribution in [2.24, 2.45) is 0 Å². The summed E-state index contributed by atoms with van der Waals surface area (Å²) in [4.78, 5) is 4.41. The number of nitrogens with zero attached hydrogens (tertiary/aromatic N) is 1. The SMILES string of the molecule is COc1cc(C)nc(CNCCOCCCl)c1. The van der Waals surface area contributed by atoms with Crippen LogP contribution >= 0.6 is 11.6 Å². The van der Waals surface area contributed by atoms with Crippen LogP contribution in [0.4, 0.5) is 0 Å². The van der Waals surface area contributed by atoms with Crippen LogP contribution in [0.25, 0.3) is 0 Å². The molecule has 0 unspecified atom stereocenters. The number of hydrogen-bond donors (Lipinski definition) is 1. The van der Waals surface area contributed by atoms with E-state index < -0.39 is 0 Å². The van der Waals surface area contributed by atoms with Crippen molar-refractivity contribution in [1.29, 1.82) is 0 Å². The Hall–Kier alpha value is -0.840. The van der Waals surface area contributed by atoms with Crippen LogP contribution in [0.5, 0.6) is 5.75 Å². The minimum atomic E-state index is 0.538. The van der Waals surface area contributed by atoms with Crippen molar-refractivity contribution in [3.8, 4) is 5.75 Å². The highest BCUT2D eigenvalue weighted by molar-refractivity contribution is 6.17. The molecule has 0 saturated carbocycles. The molecule has 0 aliphatic carbocycles. The van der Waals surface area contributed by atoms with Gasteiger partial charge in [0.1, 0.15) is 5.75 Å². The minimum Gasteiger partial charge on any atom is -0.497 e. The van der Waals surface area contributed by atoms with Crippen LogP contribution in [0.2, 0.25) is 0 Å². The predicted molar refractivity (Wildman–Crippen MR) is 68.8 cm³/mol. The highest BCUT2D eigenvalue weighted by atomic mass is 35.5. The predicted octanol–water partition coefficient (Wildman–Crippen LogP) is 1.74. The van der Waals surface area contributed by atoms with E-state index in [1.165, 1.54) is 0 Å². The largest absolute Gasteiger partial charge is 0.497 e. The zero-order chi connectivity index (χ0) is 12.5. The van der Waals surface area contributed by atoms with Crippen molar-refractivity contribution < 1.29 is 9.47 Å². The molecule has 0 aliphatic heterocycles. The molecule has 1 heterocycles. The zero-order valence-corrected chi connectivity index (χ0v) is 11.1. The van der Waals surface area contributed by atoms with E-state index in [0.29, 0.717) is 25.6 Å². The van der Waals surface area contributed by atoms with Gasteiger partial charge in [-0.2, -0.15) is 0 Å². The number of hydrogen-bond acceptors (Lipinski definition) is 4. The summed E-state index contributed by atoms with van der Waals surface area (Å²) in [5.41, 5.74) is 1.93. The Labute approximate surface area is 107 Å². The van der Waals surface area contributed by atoms with E-state index >= 15 is 0 Å². The van der Waals surface area contributed by atoms with Gasteiger partial charge >= 0.3 is 0 Å². The van der Waals surface area contributed by atoms with E-state index in [1.54, 1.807) is 7.11 Å². The third-order valence-electron chi connectivity index (χ3n) is 2.17. The van der Waals surface area contributed by atoms with E-state index in [-0.39, 0.29) is 0 Å². The van der Waals surface area contributed by atoms with Crippen LogP contribution in [0, 0.1) is 6.92 Å². The van der Waals surface area contributed by atoms with Gasteiger partial charge in [-0.05, 0) is 6.92 Å². The Morgan fingerprint density at radius 1 is 1.35 bits per heavy atom. The van der Waals surface area contributed by atoms with Crippen molar-refractivity contribution in [3.63, 3.8) is 0 Å². The summed E-state index contributed by atoms with van der Waals surface area (Å²) >= 11 is 5.49. The lowest BCUT2D eigenvalue weighted by Crippen LogP contribution is -2.20. The second kappa shape index (κ2) is 8.28. The Morgan fingerprint density at radius 2 is 2.18 bits per heavy atom. The maximum Gasteiger partial charge on any atom is 0.122 e. The molecule has 0 atom stereocenters. The van der Waals surface area contributed by atoms with Gasteiger partial charge in [0.05, 0.1) is 26.0 Å². The molecule has 0 spiro atoms. The smallest absolute Gasteiger partial charge is 0.122 e. The van der Waals surface area contributed by atoms with Crippen molar-refractivity contribution >= 4 is 11.6 Å². The first-order valence-corrected chi connectivity index (χ1v) is 6.15. The number of aromatic nitrogens is 1. The van der Waals surface area contributed by atoms with Crippen molar-refractivity contribution in [3.05, 3.63) is 23.5 Å². The van der Waals surface area contributed by atoms with Gasteiger partial charge in [0.25, 0.3) is 0 Å². The van der Waals surface area contributed by atoms with Crippen molar-refractivity contribution in [1.82, 2.24) is 10.3 Å². The summed E-state index contributed by atoms with van der Waals surface area (Å²) in [5, 5.41) is 3.25. The van der Waals surface area contributed by atoms with Crippen LogP contribution < -0.4 is 10.1 Å². The highest BCUT2D eigenvalue weighted by Crippen LogP contribution is 2.12. The molecule has 17 heavy (non-hydrogen) atoms. The molecule has 1 N–H and O–H groups in total. The molecule has 0 saturated heterocycles. The average molecular weight is 259 g/mol. The molecule has 0 amide bonds. The summed E-state index contributed by atoms with van der Waals surface area (Å²) in [6.45, 7) is 4.71. The molecule has 4 nitrogen and oxygen atoms in total. The molecular formula is C12H19ClN2O2. The van der Waals surface area contributed by atoms with Crippen LogP contribution in [-0.2, 0) is 11.3 Å². The van der Waals surface area contributed by atoms with Gasteiger partial charge in [0.2, 0.25) is 0 Å². The molecule has 96 valence electrons. The van der Waals surface area contributed by atoms with E-state index in [4.69, 9.17) is 21.1 Å². The number of rotatable bonds is 8. The summed E-state index contributed by atoms with van der Waals surface area (Å²) < 4.78 is 10.4. The Kier molecular flexibility index (Phi) is 6.93. The van der Waals surface area contributed by atoms with Crippen LogP contribution in [0.1, 0.15) is 11.4 Å². The molecule has 0 radical (unpaired) electrons. The Bertz CT molecular complexity index is 334. The van der Waals surface area contributed by atoms with Gasteiger partial charge in [-0.1, -0.05) is 0 Å².